The first-order valence-corrected chi connectivity index (χ1v) is 9.66. The number of halogens is 2. The zero-order valence-corrected chi connectivity index (χ0v) is 15.3. The molecule has 1 aliphatic heterocycles. The highest BCUT2D eigenvalue weighted by Crippen LogP contribution is 2.23. The van der Waals surface area contributed by atoms with Gasteiger partial charge in [0.15, 0.2) is 5.76 Å². The largest absolute Gasteiger partial charge is 0.438 e. The topological polar surface area (TPSA) is 96.8 Å². The van der Waals surface area contributed by atoms with E-state index in [1.807, 2.05) is 4.90 Å². The molecule has 1 aromatic heterocycles. The SMILES string of the molecule is NC(=O)c1ccc(S(=O)(=O)N2CCN(Cc3c(F)cccc3Cl)CC2)o1. The second-order valence-electron chi connectivity index (χ2n) is 5.86. The maximum Gasteiger partial charge on any atom is 0.284 e. The van der Waals surface area contributed by atoms with Crippen LogP contribution in [0.3, 0.4) is 0 Å². The minimum absolute atomic E-state index is 0.209. The predicted molar refractivity (Wildman–Crippen MR) is 92.7 cm³/mol. The summed E-state index contributed by atoms with van der Waals surface area (Å²) in [6.45, 7) is 1.54. The number of hydrogen-bond donors (Lipinski definition) is 1. The third-order valence-electron chi connectivity index (χ3n) is 4.19. The molecule has 2 N–H and O–H groups in total. The lowest BCUT2D eigenvalue weighted by molar-refractivity contribution is 0.0968. The van der Waals surface area contributed by atoms with Crippen molar-refractivity contribution in [3.05, 3.63) is 52.5 Å². The standard InChI is InChI=1S/C16H17ClFN3O4S/c17-12-2-1-3-13(18)11(12)10-20-6-8-21(9-7-20)26(23,24)15-5-4-14(25-15)16(19)22/h1-5H,6-10H2,(H2,19,22). The molecule has 0 spiro atoms. The average molecular weight is 402 g/mol. The summed E-state index contributed by atoms with van der Waals surface area (Å²) in [5.41, 5.74) is 5.47. The van der Waals surface area contributed by atoms with E-state index in [0.29, 0.717) is 30.2 Å². The van der Waals surface area contributed by atoms with E-state index in [9.17, 15) is 17.6 Å². The summed E-state index contributed by atoms with van der Waals surface area (Å²) in [7, 11) is -3.86. The number of sulfonamides is 1. The summed E-state index contributed by atoms with van der Waals surface area (Å²) >= 11 is 6.03. The first kappa shape index (κ1) is 18.8. The van der Waals surface area contributed by atoms with Gasteiger partial charge < -0.3 is 10.2 Å². The molecule has 1 aliphatic rings. The predicted octanol–water partition coefficient (Wildman–Crippen LogP) is 1.68. The number of hydrogen-bond acceptors (Lipinski definition) is 5. The fraction of sp³-hybridized carbons (Fsp3) is 0.312. The number of carbonyl (C=O) groups excluding carboxylic acids is 1. The summed E-state index contributed by atoms with van der Waals surface area (Å²) in [6.07, 6.45) is 0. The molecule has 1 aromatic carbocycles. The van der Waals surface area contributed by atoms with Crippen molar-refractivity contribution in [2.45, 2.75) is 11.6 Å². The molecule has 2 heterocycles. The quantitative estimate of drug-likeness (QED) is 0.822. The summed E-state index contributed by atoms with van der Waals surface area (Å²) in [6, 6.07) is 6.94. The molecule has 26 heavy (non-hydrogen) atoms. The molecule has 0 radical (unpaired) electrons. The van der Waals surface area contributed by atoms with Crippen LogP contribution in [0.1, 0.15) is 16.1 Å². The molecule has 7 nitrogen and oxygen atoms in total. The Balaban J connectivity index is 1.67. The van der Waals surface area contributed by atoms with Crippen LogP contribution < -0.4 is 5.73 Å². The van der Waals surface area contributed by atoms with Crippen LogP contribution in [-0.4, -0.2) is 49.7 Å². The molecular formula is C16H17ClFN3O4S. The highest BCUT2D eigenvalue weighted by atomic mass is 35.5. The summed E-state index contributed by atoms with van der Waals surface area (Å²) in [5, 5.41) is 0.0199. The van der Waals surface area contributed by atoms with Crippen LogP contribution in [0.2, 0.25) is 5.02 Å². The Morgan fingerprint density at radius 1 is 1.19 bits per heavy atom. The number of rotatable bonds is 5. The van der Waals surface area contributed by atoms with Crippen molar-refractivity contribution < 1.29 is 22.0 Å². The molecule has 140 valence electrons. The van der Waals surface area contributed by atoms with Gasteiger partial charge in [-0.1, -0.05) is 17.7 Å². The Bertz CT molecular complexity index is 903. The fourth-order valence-electron chi connectivity index (χ4n) is 2.75. The molecule has 10 heteroatoms. The van der Waals surface area contributed by atoms with Gasteiger partial charge in [0, 0.05) is 43.3 Å². The number of furan rings is 1. The molecule has 2 aromatic rings. The van der Waals surface area contributed by atoms with Crippen molar-refractivity contribution in [2.24, 2.45) is 5.73 Å². The lowest BCUT2D eigenvalue weighted by Gasteiger charge is -2.33. The Morgan fingerprint density at radius 3 is 2.46 bits per heavy atom. The number of carbonyl (C=O) groups is 1. The van der Waals surface area contributed by atoms with Gasteiger partial charge in [-0.3, -0.25) is 9.69 Å². The van der Waals surface area contributed by atoms with Gasteiger partial charge in [0.25, 0.3) is 15.9 Å². The van der Waals surface area contributed by atoms with Gasteiger partial charge in [-0.05, 0) is 24.3 Å². The Morgan fingerprint density at radius 2 is 1.88 bits per heavy atom. The van der Waals surface area contributed by atoms with E-state index in [4.69, 9.17) is 21.8 Å². The minimum atomic E-state index is -3.86. The van der Waals surface area contributed by atoms with Crippen molar-refractivity contribution in [3.63, 3.8) is 0 Å². The molecule has 1 amide bonds. The van der Waals surface area contributed by atoms with Crippen LogP contribution in [0.5, 0.6) is 0 Å². The highest BCUT2D eigenvalue weighted by Gasteiger charge is 2.31. The van der Waals surface area contributed by atoms with E-state index >= 15 is 0 Å². The lowest BCUT2D eigenvalue weighted by atomic mass is 10.2. The molecule has 0 saturated carbocycles. The van der Waals surface area contributed by atoms with E-state index in [2.05, 4.69) is 0 Å². The van der Waals surface area contributed by atoms with Crippen molar-refractivity contribution in [2.75, 3.05) is 26.2 Å². The normalized spacial score (nSPS) is 16.7. The number of amides is 1. The second-order valence-corrected chi connectivity index (χ2v) is 8.14. The van der Waals surface area contributed by atoms with E-state index < -0.39 is 15.9 Å². The van der Waals surface area contributed by atoms with Gasteiger partial charge in [0.2, 0.25) is 5.09 Å². The maximum atomic E-state index is 13.9. The van der Waals surface area contributed by atoms with Gasteiger partial charge in [-0.25, -0.2) is 12.8 Å². The number of benzene rings is 1. The molecule has 1 saturated heterocycles. The van der Waals surface area contributed by atoms with Crippen molar-refractivity contribution in [3.8, 4) is 0 Å². The summed E-state index contributed by atoms with van der Waals surface area (Å²) < 4.78 is 45.3. The van der Waals surface area contributed by atoms with Crippen molar-refractivity contribution >= 4 is 27.5 Å². The fourth-order valence-corrected chi connectivity index (χ4v) is 4.31. The first-order chi connectivity index (χ1) is 12.3. The third kappa shape index (κ3) is 3.75. The maximum absolute atomic E-state index is 13.9. The first-order valence-electron chi connectivity index (χ1n) is 7.84. The van der Waals surface area contributed by atoms with E-state index in [1.54, 1.807) is 6.07 Å². The summed E-state index contributed by atoms with van der Waals surface area (Å²) in [5.74, 6) is -1.43. The molecule has 0 bridgehead atoms. The van der Waals surface area contributed by atoms with E-state index in [0.717, 1.165) is 0 Å². The molecular weight excluding hydrogens is 385 g/mol. The van der Waals surface area contributed by atoms with Crippen LogP contribution in [-0.2, 0) is 16.6 Å². The Hall–Kier alpha value is -1.94. The second kappa shape index (κ2) is 7.36. The van der Waals surface area contributed by atoms with Crippen molar-refractivity contribution in [1.29, 1.82) is 0 Å². The van der Waals surface area contributed by atoms with Crippen molar-refractivity contribution in [1.82, 2.24) is 9.21 Å². The Kier molecular flexibility index (Phi) is 5.33. The molecule has 1 fully saturated rings. The van der Waals surface area contributed by atoms with Crippen LogP contribution in [0.4, 0.5) is 4.39 Å². The molecule has 3 rings (SSSR count). The van der Waals surface area contributed by atoms with Gasteiger partial charge >= 0.3 is 0 Å². The zero-order valence-electron chi connectivity index (χ0n) is 13.7. The van der Waals surface area contributed by atoms with Gasteiger partial charge in [0.05, 0.1) is 0 Å². The third-order valence-corrected chi connectivity index (χ3v) is 6.32. The van der Waals surface area contributed by atoms with Crippen LogP contribution in [0, 0.1) is 5.82 Å². The van der Waals surface area contributed by atoms with E-state index in [-0.39, 0.29) is 29.8 Å². The van der Waals surface area contributed by atoms with Gasteiger partial charge in [0.1, 0.15) is 5.82 Å². The van der Waals surface area contributed by atoms with Crippen LogP contribution >= 0.6 is 11.6 Å². The number of piperazine rings is 1. The monoisotopic (exact) mass is 401 g/mol. The van der Waals surface area contributed by atoms with E-state index in [1.165, 1.54) is 28.6 Å². The molecule has 0 aliphatic carbocycles. The number of nitrogens with zero attached hydrogens (tertiary/aromatic N) is 2. The smallest absolute Gasteiger partial charge is 0.284 e. The molecule has 0 unspecified atom stereocenters. The number of nitrogens with two attached hydrogens (primary N) is 1. The van der Waals surface area contributed by atoms with Crippen LogP contribution in [0.25, 0.3) is 0 Å². The summed E-state index contributed by atoms with van der Waals surface area (Å²) in [4.78, 5) is 13.0. The number of primary amides is 1. The van der Waals surface area contributed by atoms with Gasteiger partial charge in [-0.15, -0.1) is 0 Å². The Labute approximate surface area is 155 Å². The average Bonchev–Trinajstić information content (AvgIpc) is 3.10. The highest BCUT2D eigenvalue weighted by molar-refractivity contribution is 7.89. The molecule has 0 atom stereocenters. The van der Waals surface area contributed by atoms with Crippen LogP contribution in [0.15, 0.2) is 39.8 Å². The minimum Gasteiger partial charge on any atom is -0.438 e. The zero-order chi connectivity index (χ0) is 18.9. The van der Waals surface area contributed by atoms with Gasteiger partial charge in [-0.2, -0.15) is 4.31 Å². The lowest BCUT2D eigenvalue weighted by Crippen LogP contribution is -2.48.